The van der Waals surface area contributed by atoms with E-state index in [1.54, 1.807) is 6.26 Å². The van der Waals surface area contributed by atoms with E-state index in [0.29, 0.717) is 12.5 Å². The van der Waals surface area contributed by atoms with Gasteiger partial charge in [-0.3, -0.25) is 0 Å². The van der Waals surface area contributed by atoms with Crippen molar-refractivity contribution >= 4 is 0 Å². The molecule has 0 aromatic carbocycles. The Labute approximate surface area is 84.5 Å². The summed E-state index contributed by atoms with van der Waals surface area (Å²) in [6, 6.07) is 2.31. The second-order valence-corrected chi connectivity index (χ2v) is 4.06. The monoisotopic (exact) mass is 194 g/mol. The third kappa shape index (κ3) is 1.70. The number of nitrogens with two attached hydrogens (primary N) is 2. The molecule has 0 saturated heterocycles. The molecule has 1 aliphatic carbocycles. The van der Waals surface area contributed by atoms with Crippen molar-refractivity contribution in [3.8, 4) is 0 Å². The van der Waals surface area contributed by atoms with Crippen molar-refractivity contribution in [2.45, 2.75) is 44.2 Å². The van der Waals surface area contributed by atoms with E-state index in [-0.39, 0.29) is 6.04 Å². The van der Waals surface area contributed by atoms with E-state index >= 15 is 0 Å². The van der Waals surface area contributed by atoms with Gasteiger partial charge < -0.3 is 15.9 Å². The van der Waals surface area contributed by atoms with E-state index in [0.717, 1.165) is 12.2 Å². The molecule has 3 nitrogen and oxygen atoms in total. The molecule has 1 fully saturated rings. The third-order valence-electron chi connectivity index (χ3n) is 3.18. The second-order valence-electron chi connectivity index (χ2n) is 4.06. The van der Waals surface area contributed by atoms with Gasteiger partial charge in [0.05, 0.1) is 12.8 Å². The summed E-state index contributed by atoms with van der Waals surface area (Å²) < 4.78 is 5.33. The molecular formula is C11H18N2O. The quantitative estimate of drug-likeness (QED) is 0.753. The van der Waals surface area contributed by atoms with Gasteiger partial charge in [0.25, 0.3) is 0 Å². The van der Waals surface area contributed by atoms with Crippen molar-refractivity contribution in [3.63, 3.8) is 0 Å². The molecule has 2 atom stereocenters. The van der Waals surface area contributed by atoms with Crippen molar-refractivity contribution in [1.29, 1.82) is 0 Å². The molecule has 2 unspecified atom stereocenters. The lowest BCUT2D eigenvalue weighted by molar-refractivity contribution is 0.378. The molecule has 14 heavy (non-hydrogen) atoms. The van der Waals surface area contributed by atoms with E-state index in [1.165, 1.54) is 24.8 Å². The Kier molecular flexibility index (Phi) is 2.89. The van der Waals surface area contributed by atoms with Gasteiger partial charge in [0.2, 0.25) is 0 Å². The standard InChI is InChI=1S/C11H18N2O/c12-7-11-9(5-6-14-11)8-3-1-2-4-10(8)13/h5-6,8,10H,1-4,7,12-13H2. The van der Waals surface area contributed by atoms with Crippen LogP contribution in [-0.2, 0) is 6.54 Å². The van der Waals surface area contributed by atoms with Gasteiger partial charge in [0, 0.05) is 12.0 Å². The molecule has 78 valence electrons. The van der Waals surface area contributed by atoms with Crippen molar-refractivity contribution < 1.29 is 4.42 Å². The highest BCUT2D eigenvalue weighted by molar-refractivity contribution is 5.24. The number of hydrogen-bond acceptors (Lipinski definition) is 3. The van der Waals surface area contributed by atoms with E-state index in [1.807, 2.05) is 6.07 Å². The first-order chi connectivity index (χ1) is 6.83. The lowest BCUT2D eigenvalue weighted by Crippen LogP contribution is -2.31. The van der Waals surface area contributed by atoms with Gasteiger partial charge >= 0.3 is 0 Å². The van der Waals surface area contributed by atoms with E-state index < -0.39 is 0 Å². The molecule has 0 spiro atoms. The zero-order valence-corrected chi connectivity index (χ0v) is 8.41. The predicted molar refractivity (Wildman–Crippen MR) is 55.8 cm³/mol. The van der Waals surface area contributed by atoms with Crippen LogP contribution in [0.1, 0.15) is 42.9 Å². The van der Waals surface area contributed by atoms with E-state index in [9.17, 15) is 0 Å². The lowest BCUT2D eigenvalue weighted by Gasteiger charge is -2.28. The van der Waals surface area contributed by atoms with Crippen LogP contribution in [0.3, 0.4) is 0 Å². The molecule has 1 aromatic heterocycles. The SMILES string of the molecule is NCc1occc1C1CCCCC1N. The molecule has 4 N–H and O–H groups in total. The minimum atomic E-state index is 0.284. The summed E-state index contributed by atoms with van der Waals surface area (Å²) in [6.45, 7) is 0.478. The minimum absolute atomic E-state index is 0.284. The highest BCUT2D eigenvalue weighted by Gasteiger charge is 2.26. The van der Waals surface area contributed by atoms with Crippen LogP contribution >= 0.6 is 0 Å². The van der Waals surface area contributed by atoms with Crippen molar-refractivity contribution in [2.75, 3.05) is 0 Å². The smallest absolute Gasteiger partial charge is 0.120 e. The molecule has 1 aromatic rings. The summed E-state index contributed by atoms with van der Waals surface area (Å²) in [5.74, 6) is 1.37. The number of hydrogen-bond donors (Lipinski definition) is 2. The first kappa shape index (κ1) is 9.74. The molecule has 1 aliphatic rings. The molecule has 2 rings (SSSR count). The highest BCUT2D eigenvalue weighted by Crippen LogP contribution is 2.34. The fraction of sp³-hybridized carbons (Fsp3) is 0.636. The van der Waals surface area contributed by atoms with Crippen LogP contribution < -0.4 is 11.5 Å². The summed E-state index contributed by atoms with van der Waals surface area (Å²) >= 11 is 0. The van der Waals surface area contributed by atoms with Crippen LogP contribution in [0.5, 0.6) is 0 Å². The Balaban J connectivity index is 2.20. The second kappa shape index (κ2) is 4.15. The Morgan fingerprint density at radius 2 is 2.14 bits per heavy atom. The third-order valence-corrected chi connectivity index (χ3v) is 3.18. The molecular weight excluding hydrogens is 176 g/mol. The molecule has 0 aliphatic heterocycles. The Bertz CT molecular complexity index is 295. The Morgan fingerprint density at radius 1 is 1.36 bits per heavy atom. The van der Waals surface area contributed by atoms with Crippen LogP contribution in [0.2, 0.25) is 0 Å². The molecule has 1 heterocycles. The first-order valence-corrected chi connectivity index (χ1v) is 5.35. The minimum Gasteiger partial charge on any atom is -0.468 e. The average molecular weight is 194 g/mol. The molecule has 0 bridgehead atoms. The van der Waals surface area contributed by atoms with E-state index in [4.69, 9.17) is 15.9 Å². The summed E-state index contributed by atoms with van der Waals surface area (Å²) in [5, 5.41) is 0. The van der Waals surface area contributed by atoms with Gasteiger partial charge in [-0.05, 0) is 24.5 Å². The molecule has 0 radical (unpaired) electrons. The van der Waals surface area contributed by atoms with Crippen molar-refractivity contribution in [1.82, 2.24) is 0 Å². The fourth-order valence-corrected chi connectivity index (χ4v) is 2.39. The Hall–Kier alpha value is -0.800. The average Bonchev–Trinajstić information content (AvgIpc) is 2.66. The largest absolute Gasteiger partial charge is 0.468 e. The van der Waals surface area contributed by atoms with Crippen LogP contribution in [0.4, 0.5) is 0 Å². The van der Waals surface area contributed by atoms with E-state index in [2.05, 4.69) is 0 Å². The zero-order chi connectivity index (χ0) is 9.97. The van der Waals surface area contributed by atoms with Gasteiger partial charge in [0.15, 0.2) is 0 Å². The number of rotatable bonds is 2. The van der Waals surface area contributed by atoms with Crippen molar-refractivity contribution in [3.05, 3.63) is 23.7 Å². The Morgan fingerprint density at radius 3 is 2.86 bits per heavy atom. The van der Waals surface area contributed by atoms with Gasteiger partial charge in [-0.2, -0.15) is 0 Å². The zero-order valence-electron chi connectivity index (χ0n) is 8.41. The predicted octanol–water partition coefficient (Wildman–Crippen LogP) is 1.72. The van der Waals surface area contributed by atoms with Crippen LogP contribution in [0.25, 0.3) is 0 Å². The maximum Gasteiger partial charge on any atom is 0.120 e. The van der Waals surface area contributed by atoms with Crippen LogP contribution in [0, 0.1) is 0 Å². The van der Waals surface area contributed by atoms with Gasteiger partial charge in [-0.1, -0.05) is 12.8 Å². The fourth-order valence-electron chi connectivity index (χ4n) is 2.39. The molecule has 3 heteroatoms. The number of furan rings is 1. The maximum absolute atomic E-state index is 6.11. The first-order valence-electron chi connectivity index (χ1n) is 5.35. The summed E-state index contributed by atoms with van der Waals surface area (Å²) in [7, 11) is 0. The van der Waals surface area contributed by atoms with Gasteiger partial charge in [-0.25, -0.2) is 0 Å². The summed E-state index contributed by atoms with van der Waals surface area (Å²) in [6.07, 6.45) is 6.55. The maximum atomic E-state index is 6.11. The summed E-state index contributed by atoms with van der Waals surface area (Å²) in [4.78, 5) is 0. The lowest BCUT2D eigenvalue weighted by atomic mass is 9.80. The normalized spacial score (nSPS) is 27.9. The topological polar surface area (TPSA) is 65.2 Å². The van der Waals surface area contributed by atoms with Crippen LogP contribution in [-0.4, -0.2) is 6.04 Å². The van der Waals surface area contributed by atoms with Gasteiger partial charge in [-0.15, -0.1) is 0 Å². The summed E-state index contributed by atoms with van der Waals surface area (Å²) in [5.41, 5.74) is 13.0. The van der Waals surface area contributed by atoms with Gasteiger partial charge in [0.1, 0.15) is 5.76 Å². The highest BCUT2D eigenvalue weighted by atomic mass is 16.3. The van der Waals surface area contributed by atoms with Crippen molar-refractivity contribution in [2.24, 2.45) is 11.5 Å². The van der Waals surface area contributed by atoms with Crippen LogP contribution in [0.15, 0.2) is 16.7 Å². The molecule has 1 saturated carbocycles. The molecule has 0 amide bonds.